The van der Waals surface area contributed by atoms with Gasteiger partial charge in [0.15, 0.2) is 5.70 Å². The Morgan fingerprint density at radius 1 is 1.25 bits per heavy atom. The van der Waals surface area contributed by atoms with Gasteiger partial charge >= 0.3 is 0 Å². The molecule has 2 nitrogen and oxygen atoms in total. The zero-order valence-electron chi connectivity index (χ0n) is 10.1. The Bertz CT molecular complexity index is 361. The van der Waals surface area contributed by atoms with Gasteiger partial charge in [-0.2, -0.15) is 0 Å². The molecule has 88 valence electrons. The molecule has 0 aliphatic carbocycles. The lowest BCUT2D eigenvalue weighted by Crippen LogP contribution is -3.11. The lowest BCUT2D eigenvalue weighted by atomic mass is 10.1. The SMILES string of the molecule is CCC1C=C(c2ccccc2)[NH+](C)N1C.[I-]. The van der Waals surface area contributed by atoms with E-state index in [1.807, 2.05) is 0 Å². The van der Waals surface area contributed by atoms with E-state index in [4.69, 9.17) is 0 Å². The fourth-order valence-corrected chi connectivity index (χ4v) is 2.18. The quantitative estimate of drug-likeness (QED) is 0.628. The third kappa shape index (κ3) is 2.47. The first-order chi connectivity index (χ1) is 7.24. The first-order valence-electron chi connectivity index (χ1n) is 5.58. The molecule has 0 bridgehead atoms. The van der Waals surface area contributed by atoms with Crippen molar-refractivity contribution in [2.24, 2.45) is 0 Å². The van der Waals surface area contributed by atoms with Crippen LogP contribution in [0.2, 0.25) is 0 Å². The lowest BCUT2D eigenvalue weighted by molar-refractivity contribution is -0.927. The average molecular weight is 330 g/mol. The smallest absolute Gasteiger partial charge is 0.155 e. The van der Waals surface area contributed by atoms with Crippen molar-refractivity contribution in [2.75, 3.05) is 14.1 Å². The van der Waals surface area contributed by atoms with E-state index >= 15 is 0 Å². The number of hydrogen-bond acceptors (Lipinski definition) is 1. The molecule has 1 aliphatic heterocycles. The van der Waals surface area contributed by atoms with Crippen molar-refractivity contribution in [1.82, 2.24) is 5.01 Å². The van der Waals surface area contributed by atoms with Crippen molar-refractivity contribution < 1.29 is 29.0 Å². The number of rotatable bonds is 2. The molecular formula is C13H19IN2. The molecule has 2 atom stereocenters. The summed E-state index contributed by atoms with van der Waals surface area (Å²) < 4.78 is 0. The lowest BCUT2D eigenvalue weighted by Gasteiger charge is -2.22. The van der Waals surface area contributed by atoms with E-state index in [9.17, 15) is 0 Å². The largest absolute Gasteiger partial charge is 1.00 e. The zero-order valence-corrected chi connectivity index (χ0v) is 12.2. The summed E-state index contributed by atoms with van der Waals surface area (Å²) in [6.07, 6.45) is 3.55. The van der Waals surface area contributed by atoms with Crippen molar-refractivity contribution >= 4 is 5.70 Å². The van der Waals surface area contributed by atoms with Crippen molar-refractivity contribution in [3.63, 3.8) is 0 Å². The minimum Gasteiger partial charge on any atom is -1.00 e. The summed E-state index contributed by atoms with van der Waals surface area (Å²) in [6.45, 7) is 2.24. The maximum atomic E-state index is 2.38. The van der Waals surface area contributed by atoms with Gasteiger partial charge in [-0.25, -0.2) is 5.01 Å². The summed E-state index contributed by atoms with van der Waals surface area (Å²) in [5.74, 6) is 0. The van der Waals surface area contributed by atoms with E-state index in [1.165, 1.54) is 22.7 Å². The van der Waals surface area contributed by atoms with Gasteiger partial charge in [0, 0.05) is 18.7 Å². The highest BCUT2D eigenvalue weighted by Gasteiger charge is 2.30. The molecule has 3 heteroatoms. The Labute approximate surface area is 115 Å². The van der Waals surface area contributed by atoms with Gasteiger partial charge in [-0.15, -0.1) is 5.01 Å². The minimum atomic E-state index is 0. The van der Waals surface area contributed by atoms with E-state index in [-0.39, 0.29) is 24.0 Å². The number of hydrogen-bond donors (Lipinski definition) is 1. The second-order valence-electron chi connectivity index (χ2n) is 4.12. The average Bonchev–Trinajstić information content (AvgIpc) is 2.57. The van der Waals surface area contributed by atoms with Crippen LogP contribution in [0.25, 0.3) is 5.70 Å². The van der Waals surface area contributed by atoms with E-state index < -0.39 is 0 Å². The van der Waals surface area contributed by atoms with E-state index in [1.54, 1.807) is 0 Å². The standard InChI is InChI=1S/C13H18N2.HI/c1-4-12-10-13(15(3)14(12)2)11-8-6-5-7-9-11;/h5-10,12H,4H2,1-3H3;1H. The third-order valence-electron chi connectivity index (χ3n) is 3.28. The maximum absolute atomic E-state index is 2.38. The zero-order chi connectivity index (χ0) is 10.8. The Morgan fingerprint density at radius 3 is 2.38 bits per heavy atom. The van der Waals surface area contributed by atoms with Gasteiger partial charge in [0.05, 0.1) is 13.1 Å². The van der Waals surface area contributed by atoms with Crippen LogP contribution in [0.15, 0.2) is 36.4 Å². The number of quaternary nitrogens is 1. The van der Waals surface area contributed by atoms with Gasteiger partial charge in [-0.3, -0.25) is 0 Å². The molecule has 2 rings (SSSR count). The summed E-state index contributed by atoms with van der Waals surface area (Å²) in [6, 6.07) is 11.2. The molecule has 0 saturated carbocycles. The van der Waals surface area contributed by atoms with Crippen molar-refractivity contribution in [2.45, 2.75) is 19.4 Å². The molecule has 0 radical (unpaired) electrons. The number of nitrogens with one attached hydrogen (secondary N) is 1. The molecule has 2 unspecified atom stereocenters. The van der Waals surface area contributed by atoms with Crippen molar-refractivity contribution in [3.8, 4) is 0 Å². The van der Waals surface area contributed by atoms with Crippen LogP contribution < -0.4 is 29.0 Å². The van der Waals surface area contributed by atoms with Crippen molar-refractivity contribution in [1.29, 1.82) is 0 Å². The second-order valence-corrected chi connectivity index (χ2v) is 4.12. The molecule has 0 spiro atoms. The Morgan fingerprint density at radius 2 is 1.88 bits per heavy atom. The van der Waals surface area contributed by atoms with Gasteiger partial charge in [0.1, 0.15) is 0 Å². The topological polar surface area (TPSA) is 7.68 Å². The third-order valence-corrected chi connectivity index (χ3v) is 3.28. The Hall–Kier alpha value is -0.390. The molecule has 1 aromatic rings. The summed E-state index contributed by atoms with van der Waals surface area (Å²) in [7, 11) is 4.38. The van der Waals surface area contributed by atoms with E-state index in [0.717, 1.165) is 0 Å². The molecular weight excluding hydrogens is 311 g/mol. The van der Waals surface area contributed by atoms with Crippen LogP contribution >= 0.6 is 0 Å². The Kier molecular flexibility index (Phi) is 4.95. The van der Waals surface area contributed by atoms with Gasteiger partial charge in [-0.1, -0.05) is 25.1 Å². The molecule has 1 N–H and O–H groups in total. The first-order valence-corrected chi connectivity index (χ1v) is 5.58. The highest BCUT2D eigenvalue weighted by atomic mass is 127. The van der Waals surface area contributed by atoms with Crippen molar-refractivity contribution in [3.05, 3.63) is 42.0 Å². The monoisotopic (exact) mass is 330 g/mol. The van der Waals surface area contributed by atoms with Crippen LogP contribution in [0.1, 0.15) is 18.9 Å². The Balaban J connectivity index is 0.00000128. The number of likely N-dealkylation sites (N-methyl/N-ethyl adjacent to an activating group) is 1. The molecule has 0 saturated heterocycles. The van der Waals surface area contributed by atoms with Crippen LogP contribution in [-0.2, 0) is 0 Å². The number of nitrogens with zero attached hydrogens (tertiary/aromatic N) is 1. The van der Waals surface area contributed by atoms with Crippen LogP contribution in [0.4, 0.5) is 0 Å². The van der Waals surface area contributed by atoms with Crippen LogP contribution in [0.5, 0.6) is 0 Å². The predicted octanol–water partition coefficient (Wildman–Crippen LogP) is -1.81. The normalized spacial score (nSPS) is 25.1. The molecule has 16 heavy (non-hydrogen) atoms. The van der Waals surface area contributed by atoms with Crippen LogP contribution in [0.3, 0.4) is 0 Å². The van der Waals surface area contributed by atoms with Gasteiger partial charge in [0.2, 0.25) is 0 Å². The van der Waals surface area contributed by atoms with E-state index in [0.29, 0.717) is 6.04 Å². The fraction of sp³-hybridized carbons (Fsp3) is 0.385. The molecule has 0 aromatic heterocycles. The van der Waals surface area contributed by atoms with Gasteiger partial charge in [0.25, 0.3) is 0 Å². The van der Waals surface area contributed by atoms with Gasteiger partial charge < -0.3 is 24.0 Å². The van der Waals surface area contributed by atoms with Crippen LogP contribution in [-0.4, -0.2) is 25.1 Å². The predicted molar refractivity (Wildman–Crippen MR) is 63.1 cm³/mol. The summed E-state index contributed by atoms with van der Waals surface area (Å²) in [5, 5.41) is 3.75. The highest BCUT2D eigenvalue weighted by Crippen LogP contribution is 2.16. The summed E-state index contributed by atoms with van der Waals surface area (Å²) in [4.78, 5) is 0. The highest BCUT2D eigenvalue weighted by molar-refractivity contribution is 5.59. The fourth-order valence-electron chi connectivity index (χ4n) is 2.18. The summed E-state index contributed by atoms with van der Waals surface area (Å²) in [5.41, 5.74) is 2.72. The number of benzene rings is 1. The van der Waals surface area contributed by atoms with Gasteiger partial charge in [-0.05, 0) is 18.6 Å². The molecule has 1 heterocycles. The second kappa shape index (κ2) is 5.80. The molecule has 1 aliphatic rings. The van der Waals surface area contributed by atoms with E-state index in [2.05, 4.69) is 62.4 Å². The number of halogens is 1. The molecule has 1 aromatic carbocycles. The van der Waals surface area contributed by atoms with Crippen LogP contribution in [0, 0.1) is 0 Å². The first kappa shape index (κ1) is 13.7. The maximum Gasteiger partial charge on any atom is 0.155 e. The molecule has 0 amide bonds. The minimum absolute atomic E-state index is 0. The molecule has 0 fully saturated rings. The summed E-state index contributed by atoms with van der Waals surface area (Å²) >= 11 is 0.